The Balaban J connectivity index is 1.07. The van der Waals surface area contributed by atoms with Gasteiger partial charge in [-0.2, -0.15) is 0 Å². The van der Waals surface area contributed by atoms with E-state index in [0.29, 0.717) is 48.9 Å². The van der Waals surface area contributed by atoms with Crippen molar-refractivity contribution < 1.29 is 22.3 Å². The second-order valence-electron chi connectivity index (χ2n) is 22.5. The molecule has 1 saturated heterocycles. The van der Waals surface area contributed by atoms with Crippen molar-refractivity contribution in [3.05, 3.63) is 59.3 Å². The maximum atomic E-state index is 14.8. The fraction of sp³-hybridized carbons (Fsp3) is 0.788. The van der Waals surface area contributed by atoms with E-state index < -0.39 is 27.9 Å². The predicted molar refractivity (Wildman–Crippen MR) is 245 cm³/mol. The molecular weight excluding hydrogens is 768 g/mol. The second-order valence-corrected chi connectivity index (χ2v) is 24.8. The largest absolute Gasteiger partial charge is 0.460 e. The quantitative estimate of drug-likeness (QED) is 0.120. The van der Waals surface area contributed by atoms with Crippen LogP contribution in [0.5, 0.6) is 0 Å². The number of fused-ring (bicyclic) bond motifs is 7. The van der Waals surface area contributed by atoms with Gasteiger partial charge in [0.25, 0.3) is 0 Å². The number of halogens is 1. The van der Waals surface area contributed by atoms with Crippen molar-refractivity contribution in [3.8, 4) is 0 Å². The van der Waals surface area contributed by atoms with Gasteiger partial charge in [0.1, 0.15) is 23.1 Å². The number of esters is 1. The van der Waals surface area contributed by atoms with Crippen LogP contribution in [0.15, 0.2) is 59.3 Å². The molecule has 60 heavy (non-hydrogen) atoms. The van der Waals surface area contributed by atoms with Gasteiger partial charge in [0.2, 0.25) is 0 Å². The summed E-state index contributed by atoms with van der Waals surface area (Å²) in [6.45, 7) is 27.1. The number of nitrogens with one attached hydrogen (secondary N) is 1. The van der Waals surface area contributed by atoms with Gasteiger partial charge in [0.15, 0.2) is 0 Å². The number of carbonyl (C=O) groups excluding carboxylic acids is 1. The Hall–Kier alpha value is -2.03. The van der Waals surface area contributed by atoms with Gasteiger partial charge in [-0.1, -0.05) is 77.2 Å². The van der Waals surface area contributed by atoms with E-state index in [1.54, 1.807) is 0 Å². The average molecular weight is 849 g/mol. The number of piperidine rings is 1. The first kappa shape index (κ1) is 46.0. The number of sulfone groups is 1. The third kappa shape index (κ3) is 7.62. The number of hydrogen-bond donors (Lipinski definition) is 1. The van der Waals surface area contributed by atoms with Gasteiger partial charge in [0, 0.05) is 24.9 Å². The molecule has 0 radical (unpaired) electrons. The van der Waals surface area contributed by atoms with Crippen LogP contribution in [-0.4, -0.2) is 75.8 Å². The summed E-state index contributed by atoms with van der Waals surface area (Å²) in [5.74, 6) is 2.64. The highest BCUT2D eigenvalue weighted by molar-refractivity contribution is 7.91. The minimum Gasteiger partial charge on any atom is -0.460 e. The smallest absolute Gasteiger partial charge is 0.315 e. The van der Waals surface area contributed by atoms with Crippen LogP contribution >= 0.6 is 0 Å². The van der Waals surface area contributed by atoms with Gasteiger partial charge in [-0.25, -0.2) is 12.8 Å². The summed E-state index contributed by atoms with van der Waals surface area (Å²) in [4.78, 5) is 15.9. The highest BCUT2D eigenvalue weighted by Crippen LogP contribution is 2.76. The fourth-order valence-corrected chi connectivity index (χ4v) is 16.9. The van der Waals surface area contributed by atoms with Gasteiger partial charge in [-0.05, 0) is 192 Å². The van der Waals surface area contributed by atoms with Crippen LogP contribution in [0, 0.1) is 56.7 Å². The van der Waals surface area contributed by atoms with Crippen LogP contribution in [0.4, 0.5) is 4.39 Å². The van der Waals surface area contributed by atoms with Crippen LogP contribution in [0.2, 0.25) is 0 Å². The molecule has 5 fully saturated rings. The van der Waals surface area contributed by atoms with Crippen molar-refractivity contribution >= 4 is 15.8 Å². The molecule has 1 N–H and O–H groups in total. The molecule has 1 aliphatic heterocycles. The van der Waals surface area contributed by atoms with Gasteiger partial charge in [0.05, 0.1) is 10.7 Å². The molecule has 0 amide bonds. The van der Waals surface area contributed by atoms with Crippen LogP contribution in [0.3, 0.4) is 0 Å². The Morgan fingerprint density at radius 1 is 0.933 bits per heavy atom. The molecule has 0 bridgehead atoms. The molecule has 336 valence electrons. The molecule has 0 aromatic carbocycles. The van der Waals surface area contributed by atoms with Crippen LogP contribution in [0.1, 0.15) is 145 Å². The molecule has 7 aliphatic rings. The van der Waals surface area contributed by atoms with Crippen molar-refractivity contribution in [2.75, 3.05) is 45.7 Å². The molecule has 10 unspecified atom stereocenters. The van der Waals surface area contributed by atoms with Crippen molar-refractivity contribution in [2.24, 2.45) is 56.7 Å². The molecule has 4 saturated carbocycles. The topological polar surface area (TPSA) is 75.7 Å². The van der Waals surface area contributed by atoms with Gasteiger partial charge in [-0.15, -0.1) is 0 Å². The lowest BCUT2D eigenvalue weighted by atomic mass is 9.33. The molecule has 0 spiro atoms. The minimum atomic E-state index is -2.96. The van der Waals surface area contributed by atoms with Crippen molar-refractivity contribution in [1.82, 2.24) is 10.2 Å². The number of likely N-dealkylation sites (tertiary alicyclic amines) is 1. The van der Waals surface area contributed by atoms with Crippen LogP contribution < -0.4 is 5.32 Å². The number of allylic oxidation sites excluding steroid dienone is 7. The van der Waals surface area contributed by atoms with Gasteiger partial charge < -0.3 is 15.0 Å². The third-order valence-corrected chi connectivity index (χ3v) is 21.1. The third-order valence-electron chi connectivity index (χ3n) is 19.5. The lowest BCUT2D eigenvalue weighted by Crippen LogP contribution is -2.68. The molecule has 0 aromatic rings. The van der Waals surface area contributed by atoms with E-state index >= 15 is 0 Å². The summed E-state index contributed by atoms with van der Waals surface area (Å²) in [5, 5.41) is 4.09. The molecule has 6 aliphatic carbocycles. The molecule has 7 rings (SSSR count). The van der Waals surface area contributed by atoms with E-state index in [0.717, 1.165) is 51.0 Å². The summed E-state index contributed by atoms with van der Waals surface area (Å²) in [7, 11) is -2.96. The number of alkyl halides is 1. The molecule has 8 heteroatoms. The number of rotatable bonds is 12. The number of carbonyl (C=O) groups is 1. The summed E-state index contributed by atoms with van der Waals surface area (Å²) < 4.78 is 44.9. The Labute approximate surface area is 364 Å². The fourth-order valence-electron chi connectivity index (χ4n) is 15.9. The van der Waals surface area contributed by atoms with E-state index in [-0.39, 0.29) is 39.1 Å². The molecule has 0 aromatic heterocycles. The monoisotopic (exact) mass is 849 g/mol. The number of nitrogens with zero attached hydrogens (tertiary/aromatic N) is 1. The summed E-state index contributed by atoms with van der Waals surface area (Å²) in [6.07, 6.45) is 26.3. The van der Waals surface area contributed by atoms with E-state index in [9.17, 15) is 17.6 Å². The maximum absolute atomic E-state index is 14.8. The van der Waals surface area contributed by atoms with E-state index in [2.05, 4.69) is 70.5 Å². The first-order valence-corrected chi connectivity index (χ1v) is 25.9. The Morgan fingerprint density at radius 2 is 1.67 bits per heavy atom. The maximum Gasteiger partial charge on any atom is 0.315 e. The number of hydrogen-bond acceptors (Lipinski definition) is 6. The van der Waals surface area contributed by atoms with Crippen molar-refractivity contribution in [2.45, 2.75) is 156 Å². The Morgan fingerprint density at radius 3 is 2.28 bits per heavy atom. The predicted octanol–water partition coefficient (Wildman–Crippen LogP) is 11.2. The van der Waals surface area contributed by atoms with Gasteiger partial charge in [-0.3, -0.25) is 4.79 Å². The molecule has 10 atom stereocenters. The van der Waals surface area contributed by atoms with Gasteiger partial charge >= 0.3 is 5.97 Å². The van der Waals surface area contributed by atoms with E-state index in [1.165, 1.54) is 74.3 Å². The second kappa shape index (κ2) is 16.8. The van der Waals surface area contributed by atoms with Crippen molar-refractivity contribution in [1.29, 1.82) is 0 Å². The molecule has 6 nitrogen and oxygen atoms in total. The summed E-state index contributed by atoms with van der Waals surface area (Å²) >= 11 is 0. The van der Waals surface area contributed by atoms with E-state index in [1.807, 2.05) is 32.1 Å². The van der Waals surface area contributed by atoms with E-state index in [4.69, 9.17) is 4.74 Å². The SMILES string of the molecule is C=C(C)C1CCC2(NCCN3CCC(S(C)(=O)=O)CC3)CCC3(C)C(CCC4C5(C)CC=C(C6=CCC(CF)(C(=O)OCC(C=CC)=CC)CC6)C(C)(C)C5CCC43C)C12. The lowest BCUT2D eigenvalue weighted by Gasteiger charge is -2.72. The zero-order valence-corrected chi connectivity index (χ0v) is 39.9. The first-order chi connectivity index (χ1) is 28.2. The summed E-state index contributed by atoms with van der Waals surface area (Å²) in [6, 6.07) is 0. The zero-order valence-electron chi connectivity index (χ0n) is 39.1. The highest BCUT2D eigenvalue weighted by Gasteiger charge is 2.70. The first-order valence-electron chi connectivity index (χ1n) is 24.0. The van der Waals surface area contributed by atoms with Crippen molar-refractivity contribution in [3.63, 3.8) is 0 Å². The molecular formula is C52H81FN2O4S. The highest BCUT2D eigenvalue weighted by atomic mass is 32.2. The molecule has 1 heterocycles. The number of ether oxygens (including phenoxy) is 1. The average Bonchev–Trinajstić information content (AvgIpc) is 3.59. The van der Waals surface area contributed by atoms with Crippen LogP contribution in [0.25, 0.3) is 0 Å². The zero-order chi connectivity index (χ0) is 43.5. The Bertz CT molecular complexity index is 1890. The standard InChI is InChI=1S/C52H81FN2O4S/c1-11-13-37(12-2)34-59-46(56)51(35-53)25-16-38(17-26-51)41-19-23-48(7)43(47(41,5)6)20-24-50(9)44(48)15-14-42-45-40(36(3)4)18-27-52(45,29-28-49(42,50)8)54-30-33-55-31-21-39(22-32-55)60(10,57)58/h11-13,16,19,39-40,42-45,54H,3,14-15,17-18,20-35H2,1-2,4-10H3. The van der Waals surface area contributed by atoms with Crippen LogP contribution in [-0.2, 0) is 19.4 Å². The normalized spacial score (nSPS) is 41.1. The lowest BCUT2D eigenvalue weighted by molar-refractivity contribution is -0.221. The summed E-state index contributed by atoms with van der Waals surface area (Å²) in [5.41, 5.74) is 4.83. The minimum absolute atomic E-state index is 0.0103. The Kier molecular flexibility index (Phi) is 12.9.